The van der Waals surface area contributed by atoms with Crippen molar-refractivity contribution < 1.29 is 13.5 Å². The second-order valence-corrected chi connectivity index (χ2v) is 4.25. The van der Waals surface area contributed by atoms with Crippen molar-refractivity contribution in [1.29, 1.82) is 0 Å². The lowest BCUT2D eigenvalue weighted by atomic mass is 10.2. The first kappa shape index (κ1) is 12.3. The van der Waals surface area contributed by atoms with Crippen molar-refractivity contribution in [1.82, 2.24) is 15.0 Å². The lowest BCUT2D eigenvalue weighted by Crippen LogP contribution is -1.97. The molecule has 0 spiro atoms. The SMILES string of the molecule is Cn1nnc2cc(Oc3ccc(N)c(F)c3F)ccc21. The Hall–Kier alpha value is -2.70. The van der Waals surface area contributed by atoms with Crippen LogP contribution in [-0.4, -0.2) is 15.0 Å². The third kappa shape index (κ3) is 1.93. The van der Waals surface area contributed by atoms with E-state index in [2.05, 4.69) is 10.3 Å². The highest BCUT2D eigenvalue weighted by Crippen LogP contribution is 2.29. The van der Waals surface area contributed by atoms with Crippen LogP contribution in [-0.2, 0) is 7.05 Å². The number of nitrogens with two attached hydrogens (primary N) is 1. The van der Waals surface area contributed by atoms with Crippen molar-refractivity contribution in [3.8, 4) is 11.5 Å². The molecule has 1 heterocycles. The second-order valence-electron chi connectivity index (χ2n) is 4.25. The Labute approximate surface area is 112 Å². The highest BCUT2D eigenvalue weighted by Gasteiger charge is 2.14. The molecule has 0 saturated carbocycles. The normalized spacial score (nSPS) is 10.9. The van der Waals surface area contributed by atoms with Gasteiger partial charge in [0.2, 0.25) is 5.82 Å². The molecule has 20 heavy (non-hydrogen) atoms. The second kappa shape index (κ2) is 4.44. The van der Waals surface area contributed by atoms with Gasteiger partial charge >= 0.3 is 0 Å². The van der Waals surface area contributed by atoms with Crippen molar-refractivity contribution in [3.05, 3.63) is 42.0 Å². The zero-order valence-electron chi connectivity index (χ0n) is 10.5. The maximum Gasteiger partial charge on any atom is 0.203 e. The molecule has 5 nitrogen and oxygen atoms in total. The predicted octanol–water partition coefficient (Wildman–Crippen LogP) is 2.62. The Morgan fingerprint density at radius 2 is 1.95 bits per heavy atom. The summed E-state index contributed by atoms with van der Waals surface area (Å²) in [5.41, 5.74) is 6.41. The maximum absolute atomic E-state index is 13.7. The summed E-state index contributed by atoms with van der Waals surface area (Å²) in [7, 11) is 1.75. The summed E-state index contributed by atoms with van der Waals surface area (Å²) in [6.45, 7) is 0. The molecule has 0 aliphatic rings. The average molecular weight is 276 g/mol. The van der Waals surface area contributed by atoms with Gasteiger partial charge in [0.25, 0.3) is 0 Å². The van der Waals surface area contributed by atoms with Crippen molar-refractivity contribution in [2.75, 3.05) is 5.73 Å². The first-order valence-corrected chi connectivity index (χ1v) is 5.77. The topological polar surface area (TPSA) is 66.0 Å². The number of hydrogen-bond acceptors (Lipinski definition) is 4. The van der Waals surface area contributed by atoms with Crippen LogP contribution in [0.4, 0.5) is 14.5 Å². The Kier molecular flexibility index (Phi) is 2.74. The molecule has 3 rings (SSSR count). The molecular weight excluding hydrogens is 266 g/mol. The van der Waals surface area contributed by atoms with Crippen LogP contribution < -0.4 is 10.5 Å². The molecule has 0 radical (unpaired) electrons. The minimum absolute atomic E-state index is 0.236. The minimum Gasteiger partial charge on any atom is -0.454 e. The number of aromatic nitrogens is 3. The monoisotopic (exact) mass is 276 g/mol. The molecule has 0 fully saturated rings. The molecule has 7 heteroatoms. The zero-order chi connectivity index (χ0) is 14.3. The smallest absolute Gasteiger partial charge is 0.203 e. The Morgan fingerprint density at radius 3 is 2.75 bits per heavy atom. The van der Waals surface area contributed by atoms with E-state index < -0.39 is 11.6 Å². The van der Waals surface area contributed by atoms with Crippen LogP contribution in [0.15, 0.2) is 30.3 Å². The number of anilines is 1. The number of halogens is 2. The summed E-state index contributed by atoms with van der Waals surface area (Å²) in [4.78, 5) is 0. The number of nitrogen functional groups attached to an aromatic ring is 1. The van der Waals surface area contributed by atoms with E-state index in [1.54, 1.807) is 29.9 Å². The molecule has 0 aliphatic heterocycles. The molecule has 102 valence electrons. The maximum atomic E-state index is 13.7. The summed E-state index contributed by atoms with van der Waals surface area (Å²) >= 11 is 0. The summed E-state index contributed by atoms with van der Waals surface area (Å²) < 4.78 is 33.9. The number of rotatable bonds is 2. The first-order valence-electron chi connectivity index (χ1n) is 5.77. The fourth-order valence-corrected chi connectivity index (χ4v) is 1.84. The van der Waals surface area contributed by atoms with E-state index in [0.717, 1.165) is 5.52 Å². The fourth-order valence-electron chi connectivity index (χ4n) is 1.84. The summed E-state index contributed by atoms with van der Waals surface area (Å²) in [5.74, 6) is -2.15. The lowest BCUT2D eigenvalue weighted by Gasteiger charge is -2.08. The van der Waals surface area contributed by atoms with Gasteiger partial charge in [-0.1, -0.05) is 5.21 Å². The van der Waals surface area contributed by atoms with Crippen LogP contribution >= 0.6 is 0 Å². The Balaban J connectivity index is 1.99. The predicted molar refractivity (Wildman–Crippen MR) is 69.4 cm³/mol. The summed E-state index contributed by atoms with van der Waals surface area (Å²) in [6.07, 6.45) is 0. The van der Waals surface area contributed by atoms with Crippen LogP contribution in [0.25, 0.3) is 11.0 Å². The van der Waals surface area contributed by atoms with E-state index in [1.807, 2.05) is 0 Å². The van der Waals surface area contributed by atoms with Gasteiger partial charge in [0.05, 0.1) is 11.2 Å². The van der Waals surface area contributed by atoms with Crippen LogP contribution in [0.5, 0.6) is 11.5 Å². The van der Waals surface area contributed by atoms with Gasteiger partial charge in [0.1, 0.15) is 11.3 Å². The summed E-state index contributed by atoms with van der Waals surface area (Å²) in [5, 5.41) is 7.77. The number of nitrogens with zero attached hydrogens (tertiary/aromatic N) is 3. The Bertz CT molecular complexity index is 800. The van der Waals surface area contributed by atoms with Gasteiger partial charge < -0.3 is 10.5 Å². The van der Waals surface area contributed by atoms with Crippen LogP contribution in [0.2, 0.25) is 0 Å². The van der Waals surface area contributed by atoms with E-state index in [-0.39, 0.29) is 11.4 Å². The standard InChI is InChI=1S/C13H10F2N4O/c1-19-10-4-2-7(6-9(10)17-18-19)20-11-5-3-8(16)12(14)13(11)15/h2-6H,16H2,1H3. The van der Waals surface area contributed by atoms with Gasteiger partial charge in [-0.05, 0) is 24.3 Å². The summed E-state index contributed by atoms with van der Waals surface area (Å²) in [6, 6.07) is 7.47. The van der Waals surface area contributed by atoms with Gasteiger partial charge in [0.15, 0.2) is 11.6 Å². The van der Waals surface area contributed by atoms with E-state index in [4.69, 9.17) is 10.5 Å². The molecule has 0 amide bonds. The van der Waals surface area contributed by atoms with Crippen LogP contribution in [0.1, 0.15) is 0 Å². The Morgan fingerprint density at radius 1 is 1.15 bits per heavy atom. The molecule has 0 aliphatic carbocycles. The third-order valence-electron chi connectivity index (χ3n) is 2.89. The van der Waals surface area contributed by atoms with E-state index >= 15 is 0 Å². The highest BCUT2D eigenvalue weighted by atomic mass is 19.2. The number of aryl methyl sites for hydroxylation is 1. The average Bonchev–Trinajstić information content (AvgIpc) is 2.81. The molecule has 0 atom stereocenters. The minimum atomic E-state index is -1.12. The van der Waals surface area contributed by atoms with Crippen molar-refractivity contribution in [3.63, 3.8) is 0 Å². The first-order chi connectivity index (χ1) is 9.56. The molecule has 2 aromatic carbocycles. The molecule has 3 aromatic rings. The van der Waals surface area contributed by atoms with Crippen molar-refractivity contribution in [2.45, 2.75) is 0 Å². The molecule has 2 N–H and O–H groups in total. The lowest BCUT2D eigenvalue weighted by molar-refractivity contribution is 0.417. The zero-order valence-corrected chi connectivity index (χ0v) is 10.5. The van der Waals surface area contributed by atoms with Gasteiger partial charge in [-0.3, -0.25) is 0 Å². The molecule has 0 unspecified atom stereocenters. The van der Waals surface area contributed by atoms with Crippen LogP contribution in [0, 0.1) is 11.6 Å². The quantitative estimate of drug-likeness (QED) is 0.731. The molecular formula is C13H10F2N4O. The highest BCUT2D eigenvalue weighted by molar-refractivity contribution is 5.76. The van der Waals surface area contributed by atoms with Crippen molar-refractivity contribution >= 4 is 16.7 Å². The van der Waals surface area contributed by atoms with Crippen LogP contribution in [0.3, 0.4) is 0 Å². The van der Waals surface area contributed by atoms with Gasteiger partial charge in [-0.25, -0.2) is 9.07 Å². The fraction of sp³-hybridized carbons (Fsp3) is 0.0769. The largest absolute Gasteiger partial charge is 0.454 e. The van der Waals surface area contributed by atoms with E-state index in [9.17, 15) is 8.78 Å². The third-order valence-corrected chi connectivity index (χ3v) is 2.89. The molecule has 1 aromatic heterocycles. The molecule has 0 saturated heterocycles. The van der Waals surface area contributed by atoms with E-state index in [0.29, 0.717) is 11.3 Å². The molecule has 0 bridgehead atoms. The van der Waals surface area contributed by atoms with E-state index in [1.165, 1.54) is 12.1 Å². The van der Waals surface area contributed by atoms with Gasteiger partial charge in [-0.15, -0.1) is 5.10 Å². The number of fused-ring (bicyclic) bond motifs is 1. The van der Waals surface area contributed by atoms with Gasteiger partial charge in [-0.2, -0.15) is 4.39 Å². The number of ether oxygens (including phenoxy) is 1. The number of benzene rings is 2. The van der Waals surface area contributed by atoms with Crippen molar-refractivity contribution in [2.24, 2.45) is 7.05 Å². The van der Waals surface area contributed by atoms with Gasteiger partial charge in [0, 0.05) is 13.1 Å². The number of hydrogen-bond donors (Lipinski definition) is 1.